The molecule has 1 aliphatic heterocycles. The summed E-state index contributed by atoms with van der Waals surface area (Å²) < 4.78 is 10.4. The number of nitrogens with one attached hydrogen (secondary N) is 2. The summed E-state index contributed by atoms with van der Waals surface area (Å²) in [7, 11) is 1.69. The highest BCUT2D eigenvalue weighted by Crippen LogP contribution is 2.16. The first-order chi connectivity index (χ1) is 12.3. The van der Waals surface area contributed by atoms with E-state index in [0.29, 0.717) is 13.2 Å². The fourth-order valence-electron chi connectivity index (χ4n) is 3.08. The zero-order chi connectivity index (χ0) is 18.2. The molecule has 0 aromatic carbocycles. The van der Waals surface area contributed by atoms with E-state index in [-0.39, 0.29) is 24.0 Å². The molecule has 0 spiro atoms. The number of nitrogens with zero attached hydrogens (tertiary/aromatic N) is 2. The fraction of sp³-hybridized carbons (Fsp3) is 0.947. The Kier molecular flexibility index (Phi) is 18.2. The van der Waals surface area contributed by atoms with Crippen molar-refractivity contribution in [1.29, 1.82) is 0 Å². The Morgan fingerprint density at radius 3 is 2.69 bits per heavy atom. The Bertz CT molecular complexity index is 346. The molecule has 0 bridgehead atoms. The number of guanidine groups is 1. The predicted molar refractivity (Wildman–Crippen MR) is 121 cm³/mol. The van der Waals surface area contributed by atoms with E-state index >= 15 is 0 Å². The van der Waals surface area contributed by atoms with Crippen molar-refractivity contribution < 1.29 is 9.47 Å². The molecule has 0 aliphatic carbocycles. The molecule has 6 nitrogen and oxygen atoms in total. The zero-order valence-corrected chi connectivity index (χ0v) is 19.4. The van der Waals surface area contributed by atoms with Crippen LogP contribution in [0.3, 0.4) is 0 Å². The molecule has 0 amide bonds. The number of unbranched alkanes of at least 4 members (excludes halogenated alkanes) is 1. The number of hydrogen-bond acceptors (Lipinski definition) is 4. The molecule has 0 aromatic rings. The lowest BCUT2D eigenvalue weighted by Gasteiger charge is -2.33. The van der Waals surface area contributed by atoms with E-state index in [9.17, 15) is 0 Å². The molecule has 1 saturated heterocycles. The molecule has 1 unspecified atom stereocenters. The van der Waals surface area contributed by atoms with Crippen LogP contribution in [0.1, 0.15) is 52.4 Å². The van der Waals surface area contributed by atoms with Crippen molar-refractivity contribution in [2.75, 3.05) is 59.7 Å². The van der Waals surface area contributed by atoms with Gasteiger partial charge in [-0.2, -0.15) is 0 Å². The molecule has 1 atom stereocenters. The number of likely N-dealkylation sites (tertiary alicyclic amines) is 1. The van der Waals surface area contributed by atoms with Crippen LogP contribution >= 0.6 is 24.0 Å². The summed E-state index contributed by atoms with van der Waals surface area (Å²) in [5.41, 5.74) is 0. The second kappa shape index (κ2) is 18.3. The standard InChI is InChI=1S/C19H40N4O2.HI/c1-4-20-19(22-12-9-15-25-17-16-24-3)21-11-6-8-14-23-13-7-5-10-18(23)2;/h18H,4-17H2,1-3H3,(H2,20,21,22);1H. The number of methoxy groups -OCH3 is 1. The molecule has 2 N–H and O–H groups in total. The molecule has 0 saturated carbocycles. The van der Waals surface area contributed by atoms with Gasteiger partial charge in [0.2, 0.25) is 0 Å². The summed E-state index contributed by atoms with van der Waals surface area (Å²) >= 11 is 0. The van der Waals surface area contributed by atoms with E-state index in [1.165, 1.54) is 45.2 Å². The van der Waals surface area contributed by atoms with Crippen molar-refractivity contribution in [3.8, 4) is 0 Å². The average molecular weight is 484 g/mol. The molecule has 1 fully saturated rings. The molecule has 1 aliphatic rings. The number of hydrogen-bond donors (Lipinski definition) is 2. The summed E-state index contributed by atoms with van der Waals surface area (Å²) in [4.78, 5) is 7.25. The normalized spacial score (nSPS) is 18.4. The van der Waals surface area contributed by atoms with Crippen LogP contribution in [0.5, 0.6) is 0 Å². The monoisotopic (exact) mass is 484 g/mol. The SMILES string of the molecule is CCNC(=NCCCOCCOC)NCCCCN1CCCCC1C.I. The average Bonchev–Trinajstić information content (AvgIpc) is 2.62. The third-order valence-corrected chi connectivity index (χ3v) is 4.60. The molecule has 1 heterocycles. The van der Waals surface area contributed by atoms with Gasteiger partial charge in [0.15, 0.2) is 5.96 Å². The van der Waals surface area contributed by atoms with Gasteiger partial charge >= 0.3 is 0 Å². The highest BCUT2D eigenvalue weighted by molar-refractivity contribution is 14.0. The quantitative estimate of drug-likeness (QED) is 0.182. The van der Waals surface area contributed by atoms with Crippen LogP contribution in [-0.2, 0) is 9.47 Å². The maximum atomic E-state index is 5.46. The number of rotatable bonds is 13. The summed E-state index contributed by atoms with van der Waals surface area (Å²) in [5, 5.41) is 6.75. The van der Waals surface area contributed by atoms with Gasteiger partial charge in [0.05, 0.1) is 13.2 Å². The molecule has 1 rings (SSSR count). The van der Waals surface area contributed by atoms with Crippen LogP contribution < -0.4 is 10.6 Å². The van der Waals surface area contributed by atoms with Gasteiger partial charge in [0.25, 0.3) is 0 Å². The third-order valence-electron chi connectivity index (χ3n) is 4.60. The number of aliphatic imine (C=N–C) groups is 1. The number of ether oxygens (including phenoxy) is 2. The first-order valence-electron chi connectivity index (χ1n) is 10.1. The molecule has 156 valence electrons. The molecule has 0 aromatic heterocycles. The Labute approximate surface area is 177 Å². The smallest absolute Gasteiger partial charge is 0.191 e. The van der Waals surface area contributed by atoms with Gasteiger partial charge < -0.3 is 25.0 Å². The lowest BCUT2D eigenvalue weighted by Crippen LogP contribution is -2.39. The number of piperidine rings is 1. The Balaban J connectivity index is 0.00000625. The first-order valence-corrected chi connectivity index (χ1v) is 10.1. The molecule has 7 heteroatoms. The van der Waals surface area contributed by atoms with E-state index in [1.807, 2.05) is 0 Å². The van der Waals surface area contributed by atoms with Crippen molar-refractivity contribution in [2.24, 2.45) is 4.99 Å². The second-order valence-electron chi connectivity index (χ2n) is 6.73. The van der Waals surface area contributed by atoms with Crippen LogP contribution in [0.4, 0.5) is 0 Å². The highest BCUT2D eigenvalue weighted by atomic mass is 127. The van der Waals surface area contributed by atoms with Crippen molar-refractivity contribution in [3.63, 3.8) is 0 Å². The number of halogens is 1. The van der Waals surface area contributed by atoms with Gasteiger partial charge in [-0.3, -0.25) is 4.99 Å². The Hall–Kier alpha value is -0.120. The minimum Gasteiger partial charge on any atom is -0.382 e. The van der Waals surface area contributed by atoms with Crippen LogP contribution in [0.25, 0.3) is 0 Å². The van der Waals surface area contributed by atoms with Crippen LogP contribution in [-0.4, -0.2) is 76.6 Å². The fourth-order valence-corrected chi connectivity index (χ4v) is 3.08. The molecule has 0 radical (unpaired) electrons. The van der Waals surface area contributed by atoms with Crippen LogP contribution in [0.15, 0.2) is 4.99 Å². The van der Waals surface area contributed by atoms with Gasteiger partial charge in [0, 0.05) is 39.4 Å². The van der Waals surface area contributed by atoms with E-state index in [2.05, 4.69) is 34.4 Å². The van der Waals surface area contributed by atoms with Crippen molar-refractivity contribution in [1.82, 2.24) is 15.5 Å². The summed E-state index contributed by atoms with van der Waals surface area (Å²) in [5.74, 6) is 0.922. The zero-order valence-electron chi connectivity index (χ0n) is 17.1. The van der Waals surface area contributed by atoms with E-state index < -0.39 is 0 Å². The Morgan fingerprint density at radius 1 is 1.12 bits per heavy atom. The summed E-state index contributed by atoms with van der Waals surface area (Å²) in [6.07, 6.45) is 7.52. The van der Waals surface area contributed by atoms with Crippen molar-refractivity contribution >= 4 is 29.9 Å². The minimum absolute atomic E-state index is 0. The topological polar surface area (TPSA) is 58.1 Å². The molecule has 26 heavy (non-hydrogen) atoms. The van der Waals surface area contributed by atoms with Crippen molar-refractivity contribution in [3.05, 3.63) is 0 Å². The van der Waals surface area contributed by atoms with E-state index in [0.717, 1.165) is 44.7 Å². The predicted octanol–water partition coefficient (Wildman–Crippen LogP) is 2.87. The van der Waals surface area contributed by atoms with E-state index in [1.54, 1.807) is 7.11 Å². The largest absolute Gasteiger partial charge is 0.382 e. The first kappa shape index (κ1) is 25.9. The van der Waals surface area contributed by atoms with Crippen LogP contribution in [0, 0.1) is 0 Å². The highest BCUT2D eigenvalue weighted by Gasteiger charge is 2.16. The lowest BCUT2D eigenvalue weighted by atomic mass is 10.0. The third kappa shape index (κ3) is 13.1. The van der Waals surface area contributed by atoms with Crippen molar-refractivity contribution in [2.45, 2.75) is 58.4 Å². The Morgan fingerprint density at radius 2 is 1.96 bits per heavy atom. The van der Waals surface area contributed by atoms with Gasteiger partial charge in [0.1, 0.15) is 0 Å². The van der Waals surface area contributed by atoms with Gasteiger partial charge in [-0.05, 0) is 59.0 Å². The van der Waals surface area contributed by atoms with Gasteiger partial charge in [-0.25, -0.2) is 0 Å². The van der Waals surface area contributed by atoms with Gasteiger partial charge in [-0.1, -0.05) is 6.42 Å². The van der Waals surface area contributed by atoms with Crippen LogP contribution in [0.2, 0.25) is 0 Å². The molecular weight excluding hydrogens is 443 g/mol. The summed E-state index contributed by atoms with van der Waals surface area (Å²) in [6.45, 7) is 11.7. The lowest BCUT2D eigenvalue weighted by molar-refractivity contribution is 0.0702. The maximum absolute atomic E-state index is 5.46. The summed E-state index contributed by atoms with van der Waals surface area (Å²) in [6, 6.07) is 0.770. The second-order valence-corrected chi connectivity index (χ2v) is 6.73. The minimum atomic E-state index is 0. The van der Waals surface area contributed by atoms with Gasteiger partial charge in [-0.15, -0.1) is 24.0 Å². The maximum Gasteiger partial charge on any atom is 0.191 e. The van der Waals surface area contributed by atoms with E-state index in [4.69, 9.17) is 9.47 Å². The molecular formula is C19H41IN4O2.